The lowest BCUT2D eigenvalue weighted by Crippen LogP contribution is -2.30. The second kappa shape index (κ2) is 82.6. The summed E-state index contributed by atoms with van der Waals surface area (Å²) in [6, 6.07) is 0. The summed E-state index contributed by atoms with van der Waals surface area (Å²) in [6.45, 7) is 7.42. The van der Waals surface area contributed by atoms with Crippen LogP contribution in [-0.4, -0.2) is 96.7 Å². The predicted octanol–water partition coefficient (Wildman–Crippen LogP) is 27.9. The molecule has 0 saturated heterocycles. The number of ether oxygens (including phenoxy) is 4. The van der Waals surface area contributed by atoms with E-state index in [4.69, 9.17) is 37.0 Å². The van der Waals surface area contributed by atoms with E-state index in [0.717, 1.165) is 95.8 Å². The van der Waals surface area contributed by atoms with E-state index >= 15 is 0 Å². The molecular formula is C90H176O17P2. The first-order valence-electron chi connectivity index (χ1n) is 46.6. The Morgan fingerprint density at radius 1 is 0.248 bits per heavy atom. The van der Waals surface area contributed by atoms with Crippen LogP contribution in [0.25, 0.3) is 0 Å². The van der Waals surface area contributed by atoms with Crippen molar-refractivity contribution in [1.82, 2.24) is 0 Å². The van der Waals surface area contributed by atoms with Crippen LogP contribution in [0.1, 0.15) is 490 Å². The summed E-state index contributed by atoms with van der Waals surface area (Å²) >= 11 is 0. The van der Waals surface area contributed by atoms with Crippen molar-refractivity contribution in [1.29, 1.82) is 0 Å². The van der Waals surface area contributed by atoms with Gasteiger partial charge in [0, 0.05) is 25.7 Å². The molecule has 0 amide bonds. The van der Waals surface area contributed by atoms with Gasteiger partial charge in [0.15, 0.2) is 12.2 Å². The van der Waals surface area contributed by atoms with Gasteiger partial charge in [0.1, 0.15) is 19.3 Å². The van der Waals surface area contributed by atoms with E-state index in [9.17, 15) is 43.2 Å². The summed E-state index contributed by atoms with van der Waals surface area (Å²) < 4.78 is 69.1. The lowest BCUT2D eigenvalue weighted by Gasteiger charge is -2.21. The van der Waals surface area contributed by atoms with Crippen LogP contribution in [0.2, 0.25) is 0 Å². The van der Waals surface area contributed by atoms with Crippen molar-refractivity contribution in [2.45, 2.75) is 509 Å². The Morgan fingerprint density at radius 2 is 0.422 bits per heavy atom. The molecular weight excluding hydrogens is 1410 g/mol. The molecule has 0 aliphatic heterocycles. The lowest BCUT2D eigenvalue weighted by atomic mass is 10.0. The summed E-state index contributed by atoms with van der Waals surface area (Å²) in [5, 5.41) is 10.7. The highest BCUT2D eigenvalue weighted by Crippen LogP contribution is 2.45. The first-order valence-corrected chi connectivity index (χ1v) is 49.6. The maximum Gasteiger partial charge on any atom is 0.472 e. The number of hydrogen-bond acceptors (Lipinski definition) is 15. The van der Waals surface area contributed by atoms with Crippen LogP contribution in [0.15, 0.2) is 0 Å². The number of rotatable bonds is 90. The third-order valence-corrected chi connectivity index (χ3v) is 23.2. The standard InChI is InChI=1S/C90H176O17P2/c1-6-9-12-15-18-21-24-27-29-31-33-34-35-37-39-45-50-55-60-65-70-75-89(94)106-86(80-101-88(93)74-69-64-59-54-49-44-38-36-32-30-28-25-22-19-16-13-10-7-2)82-105-109(98,99)103-78-84(91)77-102-108(96,97)104-81-85(79-100-87(92)73-68-63-58-53-48-42-26-23-20-17-14-11-8-3)107-90(95)76-71-66-61-56-51-46-41-40-43-47-52-57-62-67-72-83(4)5/h83-86,91H,6-82H2,1-5H3,(H,96,97)(H,98,99)/t84-,85+,86+/m0/s1. The Kier molecular flexibility index (Phi) is 81.1. The Balaban J connectivity index is 5.26. The van der Waals surface area contributed by atoms with Crippen molar-refractivity contribution in [3.05, 3.63) is 0 Å². The van der Waals surface area contributed by atoms with Crippen LogP contribution in [0.4, 0.5) is 0 Å². The molecule has 19 heteroatoms. The number of phosphoric acid groups is 2. The molecule has 0 heterocycles. The number of hydrogen-bond donors (Lipinski definition) is 3. The van der Waals surface area contributed by atoms with E-state index in [1.54, 1.807) is 0 Å². The van der Waals surface area contributed by atoms with Crippen molar-refractivity contribution in [2.75, 3.05) is 39.6 Å². The monoisotopic (exact) mass is 1590 g/mol. The molecule has 109 heavy (non-hydrogen) atoms. The summed E-state index contributed by atoms with van der Waals surface area (Å²) in [5.41, 5.74) is 0. The summed E-state index contributed by atoms with van der Waals surface area (Å²) in [6.07, 6.45) is 77.7. The second-order valence-corrected chi connectivity index (χ2v) is 35.7. The maximum absolute atomic E-state index is 13.2. The Labute approximate surface area is 670 Å². The van der Waals surface area contributed by atoms with E-state index in [2.05, 4.69) is 34.6 Å². The fraction of sp³-hybridized carbons (Fsp3) is 0.956. The minimum atomic E-state index is -4.97. The molecule has 3 N–H and O–H groups in total. The zero-order valence-electron chi connectivity index (χ0n) is 71.7. The molecule has 0 aliphatic rings. The fourth-order valence-corrected chi connectivity index (χ4v) is 15.8. The first kappa shape index (κ1) is 107. The van der Waals surface area contributed by atoms with E-state index in [-0.39, 0.29) is 25.7 Å². The molecule has 648 valence electrons. The Bertz CT molecular complexity index is 2070. The molecule has 2 unspecified atom stereocenters. The van der Waals surface area contributed by atoms with Crippen LogP contribution >= 0.6 is 15.6 Å². The lowest BCUT2D eigenvalue weighted by molar-refractivity contribution is -0.161. The third-order valence-electron chi connectivity index (χ3n) is 21.3. The fourth-order valence-electron chi connectivity index (χ4n) is 14.2. The second-order valence-electron chi connectivity index (χ2n) is 32.8. The van der Waals surface area contributed by atoms with Gasteiger partial charge in [-0.3, -0.25) is 37.3 Å². The van der Waals surface area contributed by atoms with Crippen molar-refractivity contribution < 1.29 is 80.2 Å². The quantitative estimate of drug-likeness (QED) is 0.0222. The van der Waals surface area contributed by atoms with E-state index < -0.39 is 97.5 Å². The van der Waals surface area contributed by atoms with E-state index in [1.807, 2.05) is 0 Å². The minimum Gasteiger partial charge on any atom is -0.462 e. The molecule has 17 nitrogen and oxygen atoms in total. The van der Waals surface area contributed by atoms with Crippen LogP contribution < -0.4 is 0 Å². The minimum absolute atomic E-state index is 0.109. The average Bonchev–Trinajstić information content (AvgIpc) is 0.901. The van der Waals surface area contributed by atoms with Crippen LogP contribution in [-0.2, 0) is 65.4 Å². The van der Waals surface area contributed by atoms with Gasteiger partial charge in [0.2, 0.25) is 0 Å². The molecule has 5 atom stereocenters. The number of carbonyl (C=O) groups is 4. The van der Waals surface area contributed by atoms with Gasteiger partial charge in [0.05, 0.1) is 26.4 Å². The average molecular weight is 1590 g/mol. The highest BCUT2D eigenvalue weighted by Gasteiger charge is 2.31. The Morgan fingerprint density at radius 3 is 0.624 bits per heavy atom. The highest BCUT2D eigenvalue weighted by molar-refractivity contribution is 7.47. The normalized spacial score (nSPS) is 13.7. The molecule has 0 rings (SSSR count). The van der Waals surface area contributed by atoms with Crippen molar-refractivity contribution in [3.63, 3.8) is 0 Å². The number of aliphatic hydroxyl groups excluding tert-OH is 1. The molecule has 0 aromatic heterocycles. The molecule has 0 aromatic rings. The molecule has 0 fully saturated rings. The van der Waals surface area contributed by atoms with Gasteiger partial charge in [-0.15, -0.1) is 0 Å². The molecule has 0 aliphatic carbocycles. The number of esters is 4. The van der Waals surface area contributed by atoms with Crippen LogP contribution in [0.3, 0.4) is 0 Å². The number of phosphoric ester groups is 2. The van der Waals surface area contributed by atoms with Crippen LogP contribution in [0, 0.1) is 5.92 Å². The number of aliphatic hydroxyl groups is 1. The van der Waals surface area contributed by atoms with Crippen LogP contribution in [0.5, 0.6) is 0 Å². The topological polar surface area (TPSA) is 237 Å². The van der Waals surface area contributed by atoms with Gasteiger partial charge in [-0.1, -0.05) is 439 Å². The maximum atomic E-state index is 13.2. The molecule has 0 radical (unpaired) electrons. The Hall–Kier alpha value is -1.94. The highest BCUT2D eigenvalue weighted by atomic mass is 31.2. The van der Waals surface area contributed by atoms with Crippen molar-refractivity contribution in [2.24, 2.45) is 5.92 Å². The van der Waals surface area contributed by atoms with E-state index in [1.165, 1.54) is 315 Å². The first-order chi connectivity index (χ1) is 53.0. The zero-order chi connectivity index (χ0) is 79.7. The molecule has 0 aromatic carbocycles. The SMILES string of the molecule is CCCCCCCCCCCCCCCCCCCCCCCC(=O)O[C@H](COC(=O)CCCCCCCCCCCCCCCCCCCC)COP(=O)(O)OC[C@@H](O)COP(=O)(O)OC[C@@H](COC(=O)CCCCCCCCCCCCCCC)OC(=O)CCCCCCCCCCCCCCCCC(C)C. The number of unbranched alkanes of at least 4 members (excludes halogenated alkanes) is 62. The summed E-state index contributed by atoms with van der Waals surface area (Å²) in [5.74, 6) is -1.30. The molecule has 0 bridgehead atoms. The van der Waals surface area contributed by atoms with Crippen molar-refractivity contribution >= 4 is 39.5 Å². The van der Waals surface area contributed by atoms with Gasteiger partial charge in [-0.2, -0.15) is 0 Å². The van der Waals surface area contributed by atoms with Crippen molar-refractivity contribution in [3.8, 4) is 0 Å². The number of carbonyl (C=O) groups excluding carboxylic acids is 4. The summed E-state index contributed by atoms with van der Waals surface area (Å²) in [7, 11) is -9.93. The largest absolute Gasteiger partial charge is 0.472 e. The molecule has 0 spiro atoms. The zero-order valence-corrected chi connectivity index (χ0v) is 73.5. The van der Waals surface area contributed by atoms with Gasteiger partial charge in [-0.05, 0) is 31.6 Å². The molecule has 0 saturated carbocycles. The predicted molar refractivity (Wildman–Crippen MR) is 451 cm³/mol. The van der Waals surface area contributed by atoms with Gasteiger partial charge in [-0.25, -0.2) is 9.13 Å². The van der Waals surface area contributed by atoms with Gasteiger partial charge < -0.3 is 33.8 Å². The third kappa shape index (κ3) is 83.8. The summed E-state index contributed by atoms with van der Waals surface area (Å²) in [4.78, 5) is 73.4. The smallest absolute Gasteiger partial charge is 0.462 e. The van der Waals surface area contributed by atoms with Gasteiger partial charge in [0.25, 0.3) is 0 Å². The van der Waals surface area contributed by atoms with Gasteiger partial charge >= 0.3 is 39.5 Å². The van der Waals surface area contributed by atoms with E-state index in [0.29, 0.717) is 25.7 Å².